The molecular weight excluding hydrogens is 307 g/mol. The SMILES string of the molecule is C[C@H](Sc1ncnc2sccc12)C(=O)c1ccc(F)cc1. The van der Waals surface area contributed by atoms with Crippen molar-refractivity contribution in [3.63, 3.8) is 0 Å². The Morgan fingerprint density at radius 1 is 1.24 bits per heavy atom. The summed E-state index contributed by atoms with van der Waals surface area (Å²) in [7, 11) is 0. The van der Waals surface area contributed by atoms with E-state index >= 15 is 0 Å². The van der Waals surface area contributed by atoms with Gasteiger partial charge in [-0.3, -0.25) is 4.79 Å². The summed E-state index contributed by atoms with van der Waals surface area (Å²) in [6.45, 7) is 1.83. The number of hydrogen-bond acceptors (Lipinski definition) is 5. The van der Waals surface area contributed by atoms with E-state index in [1.165, 1.54) is 42.4 Å². The molecule has 2 heterocycles. The van der Waals surface area contributed by atoms with Gasteiger partial charge in [-0.2, -0.15) is 0 Å². The van der Waals surface area contributed by atoms with Crippen molar-refractivity contribution in [2.24, 2.45) is 0 Å². The lowest BCUT2D eigenvalue weighted by Gasteiger charge is -2.10. The van der Waals surface area contributed by atoms with Crippen molar-refractivity contribution in [1.29, 1.82) is 0 Å². The number of halogens is 1. The lowest BCUT2D eigenvalue weighted by molar-refractivity contribution is 0.0994. The highest BCUT2D eigenvalue weighted by molar-refractivity contribution is 8.00. The number of carbonyl (C=O) groups is 1. The highest BCUT2D eigenvalue weighted by Crippen LogP contribution is 2.31. The molecule has 0 aliphatic carbocycles. The van der Waals surface area contributed by atoms with E-state index < -0.39 is 0 Å². The molecular formula is C15H11FN2OS2. The molecule has 0 fully saturated rings. The number of benzene rings is 1. The molecule has 0 saturated heterocycles. The van der Waals surface area contributed by atoms with E-state index in [0.717, 1.165) is 15.2 Å². The summed E-state index contributed by atoms with van der Waals surface area (Å²) in [5, 5.41) is 3.42. The highest BCUT2D eigenvalue weighted by atomic mass is 32.2. The van der Waals surface area contributed by atoms with E-state index in [2.05, 4.69) is 9.97 Å². The molecule has 0 bridgehead atoms. The maximum atomic E-state index is 12.9. The first-order chi connectivity index (χ1) is 10.1. The number of carbonyl (C=O) groups excluding carboxylic acids is 1. The van der Waals surface area contributed by atoms with Crippen LogP contribution in [0.1, 0.15) is 17.3 Å². The Kier molecular flexibility index (Phi) is 3.98. The summed E-state index contributed by atoms with van der Waals surface area (Å²) in [4.78, 5) is 21.7. The van der Waals surface area contributed by atoms with Crippen LogP contribution in [-0.4, -0.2) is 21.0 Å². The third kappa shape index (κ3) is 2.96. The predicted molar refractivity (Wildman–Crippen MR) is 83.5 cm³/mol. The number of nitrogens with zero attached hydrogens (tertiary/aromatic N) is 2. The summed E-state index contributed by atoms with van der Waals surface area (Å²) >= 11 is 2.94. The van der Waals surface area contributed by atoms with Crippen LogP contribution in [0.3, 0.4) is 0 Å². The molecule has 1 atom stereocenters. The Hall–Kier alpha value is -1.79. The third-order valence-corrected chi connectivity index (χ3v) is 4.95. The first-order valence-electron chi connectivity index (χ1n) is 6.30. The van der Waals surface area contributed by atoms with Crippen LogP contribution >= 0.6 is 23.1 Å². The van der Waals surface area contributed by atoms with Gasteiger partial charge in [-0.1, -0.05) is 11.8 Å². The van der Waals surface area contributed by atoms with Gasteiger partial charge in [0.2, 0.25) is 0 Å². The smallest absolute Gasteiger partial charge is 0.175 e. The van der Waals surface area contributed by atoms with Crippen LogP contribution in [0.25, 0.3) is 10.2 Å². The average molecular weight is 318 g/mol. The molecule has 2 aromatic heterocycles. The molecule has 0 aliphatic heterocycles. The lowest BCUT2D eigenvalue weighted by atomic mass is 10.1. The predicted octanol–water partition coefficient (Wildman–Crippen LogP) is 4.19. The molecule has 0 N–H and O–H groups in total. The summed E-state index contributed by atoms with van der Waals surface area (Å²) in [5.41, 5.74) is 0.506. The zero-order valence-corrected chi connectivity index (χ0v) is 12.7. The number of thiophene rings is 1. The van der Waals surface area contributed by atoms with Crippen LogP contribution in [0.4, 0.5) is 4.39 Å². The van der Waals surface area contributed by atoms with Crippen molar-refractivity contribution in [2.75, 3.05) is 0 Å². The van der Waals surface area contributed by atoms with Crippen molar-refractivity contribution in [2.45, 2.75) is 17.2 Å². The molecule has 0 radical (unpaired) electrons. The van der Waals surface area contributed by atoms with Crippen LogP contribution in [0.15, 0.2) is 47.1 Å². The highest BCUT2D eigenvalue weighted by Gasteiger charge is 2.18. The maximum Gasteiger partial charge on any atom is 0.175 e. The van der Waals surface area contributed by atoms with Crippen LogP contribution in [0.2, 0.25) is 0 Å². The quantitative estimate of drug-likeness (QED) is 0.411. The first kappa shape index (κ1) is 14.2. The summed E-state index contributed by atoms with van der Waals surface area (Å²) in [5.74, 6) is -0.385. The summed E-state index contributed by atoms with van der Waals surface area (Å²) in [6.07, 6.45) is 1.51. The van der Waals surface area contributed by atoms with Gasteiger partial charge in [0.1, 0.15) is 22.0 Å². The zero-order chi connectivity index (χ0) is 14.8. The number of hydrogen-bond donors (Lipinski definition) is 0. The van der Waals surface area contributed by atoms with Crippen LogP contribution in [0, 0.1) is 5.82 Å². The molecule has 0 saturated carbocycles. The molecule has 6 heteroatoms. The molecule has 3 nitrogen and oxygen atoms in total. The van der Waals surface area contributed by atoms with Crippen molar-refractivity contribution < 1.29 is 9.18 Å². The Morgan fingerprint density at radius 2 is 2.00 bits per heavy atom. The van der Waals surface area contributed by atoms with Gasteiger partial charge < -0.3 is 0 Å². The van der Waals surface area contributed by atoms with Gasteiger partial charge in [0.05, 0.1) is 5.25 Å². The summed E-state index contributed by atoms with van der Waals surface area (Å²) in [6, 6.07) is 7.57. The molecule has 0 aliphatic rings. The number of fused-ring (bicyclic) bond motifs is 1. The number of ketones is 1. The molecule has 0 spiro atoms. The van der Waals surface area contributed by atoms with Gasteiger partial charge in [-0.15, -0.1) is 11.3 Å². The minimum absolute atomic E-state index is 0.0398. The van der Waals surface area contributed by atoms with Crippen molar-refractivity contribution in [3.05, 3.63) is 53.4 Å². The second-order valence-electron chi connectivity index (χ2n) is 4.45. The zero-order valence-electron chi connectivity index (χ0n) is 11.1. The Morgan fingerprint density at radius 3 is 2.76 bits per heavy atom. The minimum atomic E-state index is -0.345. The number of Topliss-reactive ketones (excluding diaryl/α,β-unsaturated/α-hetero) is 1. The fourth-order valence-corrected chi connectivity index (χ4v) is 3.71. The van der Waals surface area contributed by atoms with Gasteiger partial charge in [0.15, 0.2) is 5.78 Å². The fraction of sp³-hybridized carbons (Fsp3) is 0.133. The molecule has 3 aromatic rings. The number of rotatable bonds is 4. The molecule has 0 amide bonds. The van der Waals surface area contributed by atoms with E-state index in [9.17, 15) is 9.18 Å². The van der Waals surface area contributed by atoms with Gasteiger partial charge in [-0.25, -0.2) is 14.4 Å². The van der Waals surface area contributed by atoms with Crippen molar-refractivity contribution >= 4 is 39.1 Å². The van der Waals surface area contributed by atoms with Gasteiger partial charge >= 0.3 is 0 Å². The van der Waals surface area contributed by atoms with Crippen LogP contribution < -0.4 is 0 Å². The van der Waals surface area contributed by atoms with E-state index in [1.54, 1.807) is 11.3 Å². The van der Waals surface area contributed by atoms with Crippen LogP contribution in [0.5, 0.6) is 0 Å². The van der Waals surface area contributed by atoms with Gasteiger partial charge in [-0.05, 0) is 42.6 Å². The molecule has 21 heavy (non-hydrogen) atoms. The third-order valence-electron chi connectivity index (χ3n) is 3.01. The fourth-order valence-electron chi connectivity index (χ4n) is 1.93. The Labute approximate surface area is 129 Å². The number of aromatic nitrogens is 2. The largest absolute Gasteiger partial charge is 0.293 e. The van der Waals surface area contributed by atoms with Crippen LogP contribution in [-0.2, 0) is 0 Å². The molecule has 106 valence electrons. The molecule has 1 aromatic carbocycles. The van der Waals surface area contributed by atoms with Gasteiger partial charge in [0.25, 0.3) is 0 Å². The van der Waals surface area contributed by atoms with Crippen molar-refractivity contribution in [1.82, 2.24) is 9.97 Å². The topological polar surface area (TPSA) is 42.9 Å². The Balaban J connectivity index is 1.82. The number of thioether (sulfide) groups is 1. The standard InChI is InChI=1S/C15H11FN2OS2/c1-9(13(19)10-2-4-11(16)5-3-10)21-15-12-6-7-20-14(12)17-8-18-15/h2-9H,1H3/t9-/m0/s1. The Bertz CT molecular complexity index is 786. The monoisotopic (exact) mass is 318 g/mol. The second kappa shape index (κ2) is 5.91. The average Bonchev–Trinajstić information content (AvgIpc) is 2.97. The van der Waals surface area contributed by atoms with E-state index in [4.69, 9.17) is 0 Å². The van der Waals surface area contributed by atoms with Crippen molar-refractivity contribution in [3.8, 4) is 0 Å². The van der Waals surface area contributed by atoms with Gasteiger partial charge in [0, 0.05) is 10.9 Å². The lowest BCUT2D eigenvalue weighted by Crippen LogP contribution is -2.13. The van der Waals surface area contributed by atoms with E-state index in [-0.39, 0.29) is 16.9 Å². The normalized spacial score (nSPS) is 12.5. The summed E-state index contributed by atoms with van der Waals surface area (Å²) < 4.78 is 12.9. The molecule has 3 rings (SSSR count). The van der Waals surface area contributed by atoms with E-state index in [0.29, 0.717) is 5.56 Å². The minimum Gasteiger partial charge on any atom is -0.293 e. The van der Waals surface area contributed by atoms with E-state index in [1.807, 2.05) is 18.4 Å². The second-order valence-corrected chi connectivity index (χ2v) is 6.67. The molecule has 0 unspecified atom stereocenters. The maximum absolute atomic E-state index is 12.9. The first-order valence-corrected chi connectivity index (χ1v) is 8.06.